The molecule has 2 aliphatic heterocycles. The first-order chi connectivity index (χ1) is 15.4. The predicted octanol–water partition coefficient (Wildman–Crippen LogP) is 2.74. The smallest absolute Gasteiger partial charge is 0.387 e. The lowest BCUT2D eigenvalue weighted by Crippen LogP contribution is -2.34. The van der Waals surface area contributed by atoms with Crippen molar-refractivity contribution >= 4 is 17.5 Å². The molecule has 1 atom stereocenters. The third kappa shape index (κ3) is 4.68. The maximum atomic E-state index is 12.6. The minimum absolute atomic E-state index is 0.0629. The van der Waals surface area contributed by atoms with Crippen molar-refractivity contribution in [3.63, 3.8) is 0 Å². The first-order valence-electron chi connectivity index (χ1n) is 10.0. The minimum atomic E-state index is -2.97. The molecule has 0 aromatic heterocycles. The lowest BCUT2D eigenvalue weighted by atomic mass is 10.1. The molecule has 0 radical (unpaired) electrons. The van der Waals surface area contributed by atoms with Crippen molar-refractivity contribution in [1.82, 2.24) is 5.32 Å². The van der Waals surface area contributed by atoms with Crippen molar-refractivity contribution < 1.29 is 37.3 Å². The molecule has 0 bridgehead atoms. The SMILES string of the molecule is COc1ccc(CCNC(=O)C2CC(=O)N(c3ccc4c(c3)OCO4)C2)cc1OC(F)F. The van der Waals surface area contributed by atoms with E-state index in [1.807, 2.05) is 0 Å². The van der Waals surface area contributed by atoms with Gasteiger partial charge in [-0.15, -0.1) is 0 Å². The van der Waals surface area contributed by atoms with Crippen molar-refractivity contribution in [3.05, 3.63) is 42.0 Å². The van der Waals surface area contributed by atoms with E-state index in [4.69, 9.17) is 14.2 Å². The summed E-state index contributed by atoms with van der Waals surface area (Å²) in [4.78, 5) is 26.6. The van der Waals surface area contributed by atoms with Crippen molar-refractivity contribution in [1.29, 1.82) is 0 Å². The van der Waals surface area contributed by atoms with Crippen LogP contribution in [-0.4, -0.2) is 45.4 Å². The standard InChI is InChI=1S/C22H22F2N2O6/c1-29-16-4-2-13(8-19(16)32-22(23)24)6-7-25-21(28)14-9-20(27)26(11-14)15-3-5-17-18(10-15)31-12-30-17/h2-5,8,10,14,22H,6-7,9,11-12H2,1H3,(H,25,28). The molecule has 0 saturated carbocycles. The largest absolute Gasteiger partial charge is 0.493 e. The van der Waals surface area contributed by atoms with E-state index in [1.54, 1.807) is 29.2 Å². The molecule has 0 spiro atoms. The molecule has 2 aromatic rings. The van der Waals surface area contributed by atoms with Crippen LogP contribution in [0.1, 0.15) is 12.0 Å². The van der Waals surface area contributed by atoms with Gasteiger partial charge >= 0.3 is 6.61 Å². The minimum Gasteiger partial charge on any atom is -0.493 e. The summed E-state index contributed by atoms with van der Waals surface area (Å²) in [5.74, 6) is 0.458. The van der Waals surface area contributed by atoms with Gasteiger partial charge in [0.05, 0.1) is 13.0 Å². The second-order valence-electron chi connectivity index (χ2n) is 7.35. The number of nitrogens with one attached hydrogen (secondary N) is 1. The maximum Gasteiger partial charge on any atom is 0.387 e. The molecule has 2 heterocycles. The molecule has 1 saturated heterocycles. The molecule has 10 heteroatoms. The predicted molar refractivity (Wildman–Crippen MR) is 109 cm³/mol. The summed E-state index contributed by atoms with van der Waals surface area (Å²) in [7, 11) is 1.36. The average molecular weight is 448 g/mol. The van der Waals surface area contributed by atoms with Gasteiger partial charge < -0.3 is 29.2 Å². The Morgan fingerprint density at radius 2 is 2.00 bits per heavy atom. The van der Waals surface area contributed by atoms with Crippen LogP contribution < -0.4 is 29.2 Å². The first kappa shape index (κ1) is 21.7. The van der Waals surface area contributed by atoms with Crippen molar-refractivity contribution in [2.24, 2.45) is 5.92 Å². The van der Waals surface area contributed by atoms with Crippen LogP contribution in [0.4, 0.5) is 14.5 Å². The number of hydrogen-bond donors (Lipinski definition) is 1. The zero-order chi connectivity index (χ0) is 22.7. The van der Waals surface area contributed by atoms with Gasteiger partial charge in [0.15, 0.2) is 23.0 Å². The summed E-state index contributed by atoms with van der Waals surface area (Å²) in [5.41, 5.74) is 1.35. The van der Waals surface area contributed by atoms with E-state index in [-0.39, 0.29) is 49.6 Å². The van der Waals surface area contributed by atoms with Crippen molar-refractivity contribution in [2.75, 3.05) is 31.9 Å². The van der Waals surface area contributed by atoms with Gasteiger partial charge in [-0.1, -0.05) is 6.07 Å². The topological polar surface area (TPSA) is 86.3 Å². The average Bonchev–Trinajstić information content (AvgIpc) is 3.39. The number of carbonyl (C=O) groups excluding carboxylic acids is 2. The van der Waals surface area contributed by atoms with Crippen LogP contribution in [0.15, 0.2) is 36.4 Å². The van der Waals surface area contributed by atoms with Crippen LogP contribution in [-0.2, 0) is 16.0 Å². The Hall–Kier alpha value is -3.56. The lowest BCUT2D eigenvalue weighted by Gasteiger charge is -2.17. The van der Waals surface area contributed by atoms with E-state index < -0.39 is 12.5 Å². The summed E-state index contributed by atoms with van der Waals surface area (Å²) in [6, 6.07) is 9.92. The zero-order valence-corrected chi connectivity index (χ0v) is 17.3. The highest BCUT2D eigenvalue weighted by Gasteiger charge is 2.35. The molecule has 170 valence electrons. The van der Waals surface area contributed by atoms with E-state index in [0.717, 1.165) is 0 Å². The highest BCUT2D eigenvalue weighted by atomic mass is 19.3. The maximum absolute atomic E-state index is 12.6. The van der Waals surface area contributed by atoms with Crippen LogP contribution in [0.2, 0.25) is 0 Å². The molecule has 4 rings (SSSR count). The van der Waals surface area contributed by atoms with E-state index in [9.17, 15) is 18.4 Å². The monoisotopic (exact) mass is 448 g/mol. The van der Waals surface area contributed by atoms with E-state index in [1.165, 1.54) is 19.2 Å². The number of fused-ring (bicyclic) bond motifs is 1. The van der Waals surface area contributed by atoms with Gasteiger partial charge in [-0.05, 0) is 36.2 Å². The number of carbonyl (C=O) groups is 2. The molecule has 32 heavy (non-hydrogen) atoms. The molecule has 2 aromatic carbocycles. The van der Waals surface area contributed by atoms with Gasteiger partial charge in [0.25, 0.3) is 0 Å². The Bertz CT molecular complexity index is 1020. The van der Waals surface area contributed by atoms with Gasteiger partial charge in [-0.3, -0.25) is 9.59 Å². The number of hydrogen-bond acceptors (Lipinski definition) is 6. The Morgan fingerprint density at radius 3 is 2.78 bits per heavy atom. The lowest BCUT2D eigenvalue weighted by molar-refractivity contribution is -0.126. The summed E-state index contributed by atoms with van der Waals surface area (Å²) in [6.07, 6.45) is 0.511. The summed E-state index contributed by atoms with van der Waals surface area (Å²) in [6.45, 7) is -2.28. The fourth-order valence-corrected chi connectivity index (χ4v) is 3.72. The van der Waals surface area contributed by atoms with Crippen LogP contribution in [0.3, 0.4) is 0 Å². The van der Waals surface area contributed by atoms with E-state index in [2.05, 4.69) is 10.1 Å². The third-order valence-electron chi connectivity index (χ3n) is 5.32. The fraction of sp³-hybridized carbons (Fsp3) is 0.364. The number of anilines is 1. The molecule has 8 nitrogen and oxygen atoms in total. The van der Waals surface area contributed by atoms with Crippen LogP contribution in [0.5, 0.6) is 23.0 Å². The summed E-state index contributed by atoms with van der Waals surface area (Å²) in [5, 5.41) is 2.81. The number of nitrogens with zero attached hydrogens (tertiary/aromatic N) is 1. The summed E-state index contributed by atoms with van der Waals surface area (Å²) < 4.78 is 45.3. The Balaban J connectivity index is 1.32. The molecular weight excluding hydrogens is 426 g/mol. The van der Waals surface area contributed by atoms with Gasteiger partial charge in [-0.25, -0.2) is 0 Å². The Kier molecular flexibility index (Phi) is 6.29. The third-order valence-corrected chi connectivity index (χ3v) is 5.32. The Labute approximate surface area is 183 Å². The number of amides is 2. The van der Waals surface area contributed by atoms with Gasteiger partial charge in [0.2, 0.25) is 18.6 Å². The van der Waals surface area contributed by atoms with E-state index >= 15 is 0 Å². The molecule has 1 fully saturated rings. The van der Waals surface area contributed by atoms with Crippen LogP contribution in [0, 0.1) is 5.92 Å². The normalized spacial score (nSPS) is 17.1. The van der Waals surface area contributed by atoms with E-state index in [0.29, 0.717) is 29.2 Å². The second kappa shape index (κ2) is 9.29. The first-order valence-corrected chi connectivity index (χ1v) is 10.0. The number of halogens is 2. The zero-order valence-electron chi connectivity index (χ0n) is 17.3. The van der Waals surface area contributed by atoms with Crippen LogP contribution >= 0.6 is 0 Å². The number of benzene rings is 2. The summed E-state index contributed by atoms with van der Waals surface area (Å²) >= 11 is 0. The van der Waals surface area contributed by atoms with Crippen molar-refractivity contribution in [2.45, 2.75) is 19.5 Å². The molecule has 0 aliphatic carbocycles. The second-order valence-corrected chi connectivity index (χ2v) is 7.35. The Morgan fingerprint density at radius 1 is 1.19 bits per heavy atom. The molecular formula is C22H22F2N2O6. The highest BCUT2D eigenvalue weighted by Crippen LogP contribution is 2.37. The quantitative estimate of drug-likeness (QED) is 0.669. The fourth-order valence-electron chi connectivity index (χ4n) is 3.72. The molecule has 2 aliphatic rings. The number of alkyl halides is 2. The molecule has 2 amide bonds. The molecule has 1 N–H and O–H groups in total. The van der Waals surface area contributed by atoms with Crippen LogP contribution in [0.25, 0.3) is 0 Å². The van der Waals surface area contributed by atoms with Crippen molar-refractivity contribution in [3.8, 4) is 23.0 Å². The van der Waals surface area contributed by atoms with Gasteiger partial charge in [0.1, 0.15) is 0 Å². The highest BCUT2D eigenvalue weighted by molar-refractivity contribution is 6.00. The number of rotatable bonds is 8. The number of ether oxygens (including phenoxy) is 4. The molecule has 1 unspecified atom stereocenters. The number of methoxy groups -OCH3 is 1. The van der Waals surface area contributed by atoms with Gasteiger partial charge in [-0.2, -0.15) is 8.78 Å². The van der Waals surface area contributed by atoms with Gasteiger partial charge in [0, 0.05) is 31.3 Å².